The zero-order valence-corrected chi connectivity index (χ0v) is 13.6. The highest BCUT2D eigenvalue weighted by Crippen LogP contribution is 2.26. The van der Waals surface area contributed by atoms with Crippen molar-refractivity contribution in [3.05, 3.63) is 41.6 Å². The van der Waals surface area contributed by atoms with Crippen LogP contribution in [0.3, 0.4) is 0 Å². The third-order valence-corrected chi connectivity index (χ3v) is 4.73. The number of ether oxygens (including phenoxy) is 1. The number of anilines is 1. The van der Waals surface area contributed by atoms with Crippen LogP contribution >= 0.6 is 0 Å². The Morgan fingerprint density at radius 3 is 3.13 bits per heavy atom. The number of rotatable bonds is 4. The van der Waals surface area contributed by atoms with Gasteiger partial charge in [-0.05, 0) is 25.0 Å². The Morgan fingerprint density at radius 2 is 2.17 bits per heavy atom. The quantitative estimate of drug-likeness (QED) is 0.907. The van der Waals surface area contributed by atoms with Crippen LogP contribution < -0.4 is 15.4 Å². The van der Waals surface area contributed by atoms with Crippen LogP contribution in [0, 0.1) is 18.8 Å². The molecule has 0 saturated carbocycles. The van der Waals surface area contributed by atoms with Crippen LogP contribution in [0.4, 0.5) is 5.82 Å². The summed E-state index contributed by atoms with van der Waals surface area (Å²) in [6, 6.07) is 10.5. The molecule has 0 bridgehead atoms. The molecule has 0 fully saturated rings. The molecule has 1 aromatic heterocycles. The number of benzene rings is 1. The summed E-state index contributed by atoms with van der Waals surface area (Å²) in [6.07, 6.45) is 1.11. The minimum Gasteiger partial charge on any atom is -0.493 e. The summed E-state index contributed by atoms with van der Waals surface area (Å²) in [5.41, 5.74) is 2.42. The molecule has 0 spiro atoms. The summed E-state index contributed by atoms with van der Waals surface area (Å²) in [5, 5.41) is 11.6. The molecule has 122 valence electrons. The van der Waals surface area contributed by atoms with E-state index in [4.69, 9.17) is 4.74 Å². The van der Waals surface area contributed by atoms with Gasteiger partial charge in [0.2, 0.25) is 0 Å². The number of fused-ring (bicyclic) bond motifs is 2. The number of para-hydroxylation sites is 1. The van der Waals surface area contributed by atoms with Gasteiger partial charge in [-0.2, -0.15) is 5.10 Å². The summed E-state index contributed by atoms with van der Waals surface area (Å²) in [4.78, 5) is 0. The number of hydrogen-bond donors (Lipinski definition) is 2. The van der Waals surface area contributed by atoms with E-state index in [0.29, 0.717) is 11.8 Å². The van der Waals surface area contributed by atoms with E-state index in [1.54, 1.807) is 0 Å². The van der Waals surface area contributed by atoms with Crippen molar-refractivity contribution in [3.8, 4) is 5.75 Å². The van der Waals surface area contributed by atoms with Gasteiger partial charge in [-0.3, -0.25) is 0 Å². The molecule has 3 heterocycles. The topological polar surface area (TPSA) is 51.1 Å². The molecule has 2 aliphatic rings. The van der Waals surface area contributed by atoms with Gasteiger partial charge in [-0.1, -0.05) is 18.2 Å². The molecule has 0 radical (unpaired) electrons. The van der Waals surface area contributed by atoms with Gasteiger partial charge in [0.25, 0.3) is 0 Å². The summed E-state index contributed by atoms with van der Waals surface area (Å²) in [5.74, 6) is 3.35. The molecule has 2 atom stereocenters. The van der Waals surface area contributed by atoms with Crippen molar-refractivity contribution in [1.82, 2.24) is 15.1 Å². The first kappa shape index (κ1) is 14.6. The van der Waals surface area contributed by atoms with Gasteiger partial charge in [0.15, 0.2) is 0 Å². The van der Waals surface area contributed by atoms with E-state index in [9.17, 15) is 0 Å². The maximum atomic E-state index is 5.86. The van der Waals surface area contributed by atoms with E-state index in [1.807, 2.05) is 13.0 Å². The fraction of sp³-hybridized carbons (Fsp3) is 0.500. The van der Waals surface area contributed by atoms with Gasteiger partial charge in [-0.25, -0.2) is 4.68 Å². The van der Waals surface area contributed by atoms with Gasteiger partial charge < -0.3 is 15.4 Å². The molecular formula is C18H24N4O. The van der Waals surface area contributed by atoms with Crippen LogP contribution in [-0.4, -0.2) is 36.0 Å². The largest absolute Gasteiger partial charge is 0.493 e. The molecular weight excluding hydrogens is 288 g/mol. The first-order valence-electron chi connectivity index (χ1n) is 8.47. The number of aromatic nitrogens is 2. The standard InChI is InChI=1S/C18H24N4O/c1-13-6-18-20-10-15(11-22(18)21-13)9-19-8-14-7-16-4-2-3-5-17(16)23-12-14/h2-6,14-15,19-20H,7-12H2,1H3/t14-,15+/m0/s1. The first-order chi connectivity index (χ1) is 11.3. The maximum Gasteiger partial charge on any atom is 0.124 e. The summed E-state index contributed by atoms with van der Waals surface area (Å²) in [7, 11) is 0. The molecule has 0 amide bonds. The van der Waals surface area contributed by atoms with Crippen LogP contribution in [-0.2, 0) is 13.0 Å². The Balaban J connectivity index is 1.25. The summed E-state index contributed by atoms with van der Waals surface area (Å²) in [6.45, 7) is 6.89. The van der Waals surface area contributed by atoms with Crippen molar-refractivity contribution in [2.75, 3.05) is 31.6 Å². The lowest BCUT2D eigenvalue weighted by Gasteiger charge is -2.28. The van der Waals surface area contributed by atoms with E-state index in [1.165, 1.54) is 5.56 Å². The van der Waals surface area contributed by atoms with Gasteiger partial charge in [-0.15, -0.1) is 0 Å². The second-order valence-electron chi connectivity index (χ2n) is 6.75. The highest BCUT2D eigenvalue weighted by molar-refractivity contribution is 5.38. The molecule has 2 N–H and O–H groups in total. The average molecular weight is 312 g/mol. The molecule has 4 rings (SSSR count). The summed E-state index contributed by atoms with van der Waals surface area (Å²) < 4.78 is 7.95. The van der Waals surface area contributed by atoms with E-state index in [2.05, 4.69) is 44.7 Å². The fourth-order valence-electron chi connectivity index (χ4n) is 3.54. The fourth-order valence-corrected chi connectivity index (χ4v) is 3.54. The van der Waals surface area contributed by atoms with E-state index in [0.717, 1.165) is 56.5 Å². The monoisotopic (exact) mass is 312 g/mol. The van der Waals surface area contributed by atoms with Crippen LogP contribution in [0.15, 0.2) is 30.3 Å². The van der Waals surface area contributed by atoms with Crippen molar-refractivity contribution in [2.45, 2.75) is 19.9 Å². The summed E-state index contributed by atoms with van der Waals surface area (Å²) >= 11 is 0. The highest BCUT2D eigenvalue weighted by Gasteiger charge is 2.21. The number of nitrogens with zero attached hydrogens (tertiary/aromatic N) is 2. The second kappa shape index (κ2) is 6.24. The minimum atomic E-state index is 0.559. The second-order valence-corrected chi connectivity index (χ2v) is 6.75. The molecule has 5 nitrogen and oxygen atoms in total. The predicted molar refractivity (Wildman–Crippen MR) is 90.9 cm³/mol. The van der Waals surface area contributed by atoms with Crippen molar-refractivity contribution < 1.29 is 4.74 Å². The molecule has 0 aliphatic carbocycles. The Kier molecular flexibility index (Phi) is 3.95. The smallest absolute Gasteiger partial charge is 0.124 e. The third-order valence-electron chi connectivity index (χ3n) is 4.73. The number of hydrogen-bond acceptors (Lipinski definition) is 4. The molecule has 5 heteroatoms. The SMILES string of the molecule is Cc1cc2n(n1)C[C@H](CNC[C@H]1COc3ccccc3C1)CN2. The zero-order chi connectivity index (χ0) is 15.6. The molecule has 0 saturated heterocycles. The Morgan fingerprint density at radius 1 is 1.30 bits per heavy atom. The van der Waals surface area contributed by atoms with Crippen LogP contribution in [0.2, 0.25) is 0 Å². The van der Waals surface area contributed by atoms with Crippen molar-refractivity contribution in [2.24, 2.45) is 11.8 Å². The molecule has 2 aliphatic heterocycles. The lowest BCUT2D eigenvalue weighted by atomic mass is 9.96. The van der Waals surface area contributed by atoms with Crippen molar-refractivity contribution in [1.29, 1.82) is 0 Å². The van der Waals surface area contributed by atoms with Gasteiger partial charge in [0, 0.05) is 44.1 Å². The lowest BCUT2D eigenvalue weighted by molar-refractivity contribution is 0.215. The Bertz CT molecular complexity index is 681. The third kappa shape index (κ3) is 3.20. The average Bonchev–Trinajstić information content (AvgIpc) is 2.94. The van der Waals surface area contributed by atoms with E-state index < -0.39 is 0 Å². The zero-order valence-electron chi connectivity index (χ0n) is 13.6. The van der Waals surface area contributed by atoms with Gasteiger partial charge >= 0.3 is 0 Å². The Hall–Kier alpha value is -2.01. The van der Waals surface area contributed by atoms with Crippen LogP contribution in [0.5, 0.6) is 5.75 Å². The van der Waals surface area contributed by atoms with Crippen molar-refractivity contribution >= 4 is 5.82 Å². The van der Waals surface area contributed by atoms with Gasteiger partial charge in [0.1, 0.15) is 11.6 Å². The molecule has 23 heavy (non-hydrogen) atoms. The van der Waals surface area contributed by atoms with Crippen LogP contribution in [0.25, 0.3) is 0 Å². The highest BCUT2D eigenvalue weighted by atomic mass is 16.5. The lowest BCUT2D eigenvalue weighted by Crippen LogP contribution is -2.38. The number of nitrogens with one attached hydrogen (secondary N) is 2. The minimum absolute atomic E-state index is 0.559. The van der Waals surface area contributed by atoms with E-state index >= 15 is 0 Å². The predicted octanol–water partition coefficient (Wildman–Crippen LogP) is 2.07. The van der Waals surface area contributed by atoms with E-state index in [-0.39, 0.29) is 0 Å². The molecule has 0 unspecified atom stereocenters. The Labute approximate surface area is 137 Å². The molecule has 1 aromatic carbocycles. The van der Waals surface area contributed by atoms with Crippen LogP contribution in [0.1, 0.15) is 11.3 Å². The number of aryl methyl sites for hydroxylation is 1. The normalized spacial score (nSPS) is 22.7. The first-order valence-corrected chi connectivity index (χ1v) is 8.47. The van der Waals surface area contributed by atoms with Gasteiger partial charge in [0.05, 0.1) is 12.3 Å². The molecule has 2 aromatic rings. The maximum absolute atomic E-state index is 5.86. The van der Waals surface area contributed by atoms with Crippen molar-refractivity contribution in [3.63, 3.8) is 0 Å².